The van der Waals surface area contributed by atoms with Gasteiger partial charge >= 0.3 is 12.4 Å². The number of carbonyl (C=O) groups excluding carboxylic acids is 1. The Kier molecular flexibility index (Phi) is 6.79. The summed E-state index contributed by atoms with van der Waals surface area (Å²) >= 11 is 0. The highest BCUT2D eigenvalue weighted by Crippen LogP contribution is 2.34. The maximum Gasteiger partial charge on any atom is 0.416 e. The highest BCUT2D eigenvalue weighted by atomic mass is 32.2. The first-order valence-electron chi connectivity index (χ1n) is 9.78. The number of rotatable bonds is 4. The van der Waals surface area contributed by atoms with Gasteiger partial charge in [0.05, 0.1) is 21.3 Å². The van der Waals surface area contributed by atoms with Crippen LogP contribution in [0.3, 0.4) is 0 Å². The van der Waals surface area contributed by atoms with Crippen LogP contribution in [0.4, 0.5) is 30.7 Å². The normalized spacial score (nSPS) is 19.8. The molecule has 0 saturated heterocycles. The SMILES string of the molecule is O=C(NC1CCC(S(=O)(=O)c2cccc(C(F)(F)F)c2)CC1)c1cc(F)cc(C(F)(F)F)c1. The third-order valence-electron chi connectivity index (χ3n) is 5.43. The molecule has 4 nitrogen and oxygen atoms in total. The molecule has 1 saturated carbocycles. The first-order chi connectivity index (χ1) is 15.2. The lowest BCUT2D eigenvalue weighted by molar-refractivity contribution is -0.138. The average molecular weight is 497 g/mol. The Balaban J connectivity index is 1.67. The highest BCUT2D eigenvalue weighted by molar-refractivity contribution is 7.92. The molecule has 0 aliphatic heterocycles. The number of sulfone groups is 1. The van der Waals surface area contributed by atoms with E-state index in [1.54, 1.807) is 0 Å². The predicted molar refractivity (Wildman–Crippen MR) is 104 cm³/mol. The van der Waals surface area contributed by atoms with Gasteiger partial charge in [-0.2, -0.15) is 26.3 Å². The van der Waals surface area contributed by atoms with Gasteiger partial charge in [0, 0.05) is 11.6 Å². The van der Waals surface area contributed by atoms with Crippen LogP contribution in [0.1, 0.15) is 47.2 Å². The summed E-state index contributed by atoms with van der Waals surface area (Å²) in [5, 5.41) is 1.49. The molecule has 1 N–H and O–H groups in total. The van der Waals surface area contributed by atoms with Crippen LogP contribution in [-0.4, -0.2) is 25.6 Å². The zero-order chi connectivity index (χ0) is 24.6. The lowest BCUT2D eigenvalue weighted by Gasteiger charge is -2.29. The fourth-order valence-electron chi connectivity index (χ4n) is 3.71. The largest absolute Gasteiger partial charge is 0.416 e. The van der Waals surface area contributed by atoms with Crippen LogP contribution in [0.2, 0.25) is 0 Å². The van der Waals surface area contributed by atoms with Crippen LogP contribution in [0.15, 0.2) is 47.4 Å². The maximum absolute atomic E-state index is 13.5. The molecule has 0 spiro atoms. The van der Waals surface area contributed by atoms with E-state index < -0.39 is 66.8 Å². The summed E-state index contributed by atoms with van der Waals surface area (Å²) in [6.45, 7) is 0. The van der Waals surface area contributed by atoms with Gasteiger partial charge in [-0.05, 0) is 62.1 Å². The number of carbonyl (C=O) groups is 1. The van der Waals surface area contributed by atoms with Crippen LogP contribution in [0.25, 0.3) is 0 Å². The summed E-state index contributed by atoms with van der Waals surface area (Å²) in [6, 6.07) is 4.30. The van der Waals surface area contributed by atoms with Gasteiger partial charge in [-0.1, -0.05) is 6.07 Å². The molecule has 0 atom stereocenters. The van der Waals surface area contributed by atoms with Crippen molar-refractivity contribution < 1.29 is 43.9 Å². The van der Waals surface area contributed by atoms with Crippen molar-refractivity contribution >= 4 is 15.7 Å². The van der Waals surface area contributed by atoms with Crippen LogP contribution in [0.5, 0.6) is 0 Å². The van der Waals surface area contributed by atoms with Crippen molar-refractivity contribution in [2.24, 2.45) is 0 Å². The zero-order valence-corrected chi connectivity index (χ0v) is 17.6. The Bertz CT molecular complexity index is 1140. The van der Waals surface area contributed by atoms with Gasteiger partial charge in [0.1, 0.15) is 5.82 Å². The summed E-state index contributed by atoms with van der Waals surface area (Å²) in [4.78, 5) is 11.9. The standard InChI is InChI=1S/C21H18F7NO3S/c22-15-9-12(8-14(10-15)21(26,27)28)19(30)29-16-4-6-17(7-5-16)33(31,32)18-3-1-2-13(11-18)20(23,24)25/h1-3,8-11,16-17H,4-7H2,(H,29,30). The lowest BCUT2D eigenvalue weighted by Crippen LogP contribution is -2.40. The molecule has 180 valence electrons. The maximum atomic E-state index is 13.5. The van der Waals surface area contributed by atoms with Gasteiger partial charge in [-0.3, -0.25) is 4.79 Å². The van der Waals surface area contributed by atoms with Gasteiger partial charge in [0.25, 0.3) is 5.91 Å². The molecule has 0 bridgehead atoms. The first-order valence-corrected chi connectivity index (χ1v) is 11.3. The molecule has 0 heterocycles. The summed E-state index contributed by atoms with van der Waals surface area (Å²) in [6.07, 6.45) is -9.21. The van der Waals surface area contributed by atoms with Crippen molar-refractivity contribution in [2.75, 3.05) is 0 Å². The molecule has 0 aromatic heterocycles. The minimum absolute atomic E-state index is 0.0283. The van der Waals surface area contributed by atoms with Gasteiger partial charge < -0.3 is 5.32 Å². The average Bonchev–Trinajstić information content (AvgIpc) is 2.72. The smallest absolute Gasteiger partial charge is 0.349 e. The summed E-state index contributed by atoms with van der Waals surface area (Å²) in [5.74, 6) is -2.17. The predicted octanol–water partition coefficient (Wildman–Crippen LogP) is 5.38. The van der Waals surface area contributed by atoms with E-state index in [1.807, 2.05) is 0 Å². The monoisotopic (exact) mass is 497 g/mol. The molecule has 1 fully saturated rings. The van der Waals surface area contributed by atoms with E-state index >= 15 is 0 Å². The number of nitrogens with one attached hydrogen (secondary N) is 1. The topological polar surface area (TPSA) is 63.2 Å². The van der Waals surface area contributed by atoms with Gasteiger partial charge in [-0.25, -0.2) is 12.8 Å². The van der Waals surface area contributed by atoms with E-state index in [-0.39, 0.29) is 31.7 Å². The van der Waals surface area contributed by atoms with Crippen LogP contribution < -0.4 is 5.32 Å². The molecule has 1 aliphatic rings. The second-order valence-corrected chi connectivity index (χ2v) is 9.97. The molecule has 33 heavy (non-hydrogen) atoms. The zero-order valence-electron chi connectivity index (χ0n) is 16.8. The van der Waals surface area contributed by atoms with E-state index in [2.05, 4.69) is 5.32 Å². The van der Waals surface area contributed by atoms with E-state index in [0.29, 0.717) is 18.2 Å². The number of alkyl halides is 6. The van der Waals surface area contributed by atoms with Crippen molar-refractivity contribution in [1.82, 2.24) is 5.32 Å². The Morgan fingerprint density at radius 2 is 1.45 bits per heavy atom. The Morgan fingerprint density at radius 3 is 2.03 bits per heavy atom. The third kappa shape index (κ3) is 5.84. The second-order valence-electron chi connectivity index (χ2n) is 7.74. The van der Waals surface area contributed by atoms with Crippen molar-refractivity contribution in [1.29, 1.82) is 0 Å². The first kappa shape index (κ1) is 25.0. The summed E-state index contributed by atoms with van der Waals surface area (Å²) in [7, 11) is -4.06. The van der Waals surface area contributed by atoms with Gasteiger partial charge in [0.2, 0.25) is 0 Å². The third-order valence-corrected chi connectivity index (χ3v) is 7.69. The molecule has 3 rings (SSSR count). The quantitative estimate of drug-likeness (QED) is 0.578. The lowest BCUT2D eigenvalue weighted by atomic mass is 9.94. The van der Waals surface area contributed by atoms with Crippen LogP contribution in [-0.2, 0) is 22.2 Å². The minimum atomic E-state index is -4.84. The summed E-state index contributed by atoms with van der Waals surface area (Å²) < 4.78 is 116. The molecular weight excluding hydrogens is 479 g/mol. The molecule has 12 heteroatoms. The fourth-order valence-corrected chi connectivity index (χ4v) is 5.55. The van der Waals surface area contributed by atoms with Gasteiger partial charge in [0.15, 0.2) is 9.84 Å². The number of amides is 1. The Morgan fingerprint density at radius 1 is 0.848 bits per heavy atom. The molecule has 1 aliphatic carbocycles. The van der Waals surface area contributed by atoms with E-state index in [0.717, 1.165) is 18.2 Å². The van der Waals surface area contributed by atoms with Crippen molar-refractivity contribution in [3.05, 3.63) is 65.0 Å². The highest BCUT2D eigenvalue weighted by Gasteiger charge is 2.36. The minimum Gasteiger partial charge on any atom is -0.349 e. The van der Waals surface area contributed by atoms with Crippen LogP contribution in [0, 0.1) is 5.82 Å². The second kappa shape index (κ2) is 8.96. The van der Waals surface area contributed by atoms with E-state index in [1.165, 1.54) is 0 Å². The van der Waals surface area contributed by atoms with Crippen molar-refractivity contribution in [3.63, 3.8) is 0 Å². The number of hydrogen-bond acceptors (Lipinski definition) is 3. The number of halogens is 7. The molecule has 2 aromatic carbocycles. The summed E-state index contributed by atoms with van der Waals surface area (Å²) in [5.41, 5.74) is -2.93. The van der Waals surface area contributed by atoms with E-state index in [9.17, 15) is 43.9 Å². The molecule has 2 aromatic rings. The Labute approximate surface area is 184 Å². The molecule has 1 amide bonds. The fraction of sp³-hybridized carbons (Fsp3) is 0.381. The van der Waals surface area contributed by atoms with Crippen molar-refractivity contribution in [3.8, 4) is 0 Å². The number of benzene rings is 2. The van der Waals surface area contributed by atoms with Crippen LogP contribution >= 0.6 is 0 Å². The molecular formula is C21H18F7NO3S. The van der Waals surface area contributed by atoms with Crippen molar-refractivity contribution in [2.45, 2.75) is 54.2 Å². The van der Waals surface area contributed by atoms with Gasteiger partial charge in [-0.15, -0.1) is 0 Å². The molecule has 0 unspecified atom stereocenters. The number of hydrogen-bond donors (Lipinski definition) is 1. The van der Waals surface area contributed by atoms with E-state index in [4.69, 9.17) is 0 Å². The molecule has 0 radical (unpaired) electrons. The Hall–Kier alpha value is -2.63.